The molecule has 1 unspecified atom stereocenters. The third-order valence-corrected chi connectivity index (χ3v) is 5.32. The van der Waals surface area contributed by atoms with E-state index in [4.69, 9.17) is 0 Å². The molecule has 2 amide bonds. The van der Waals surface area contributed by atoms with E-state index in [9.17, 15) is 14.7 Å². The number of nitrogens with zero attached hydrogens (tertiary/aromatic N) is 3. The van der Waals surface area contributed by atoms with Gasteiger partial charge in [-0.3, -0.25) is 14.5 Å². The van der Waals surface area contributed by atoms with Crippen LogP contribution < -0.4 is 0 Å². The number of aliphatic hydroxyl groups excluding tert-OH is 1. The van der Waals surface area contributed by atoms with Crippen molar-refractivity contribution in [2.75, 3.05) is 32.7 Å². The smallest absolute Gasteiger partial charge is 0.245 e. The van der Waals surface area contributed by atoms with E-state index in [0.29, 0.717) is 25.4 Å². The van der Waals surface area contributed by atoms with E-state index in [2.05, 4.69) is 24.0 Å². The number of carbonyl (C=O) groups excluding carboxylic acids is 2. The number of aliphatic hydroxyl groups is 1. The number of β-amino-alcohol motifs (C(OH)–C–C–N with tert-alkyl or cyclic N) is 1. The Morgan fingerprint density at radius 3 is 2.54 bits per heavy atom. The zero-order valence-corrected chi connectivity index (χ0v) is 15.7. The van der Waals surface area contributed by atoms with Crippen LogP contribution in [-0.2, 0) is 16.1 Å². The van der Waals surface area contributed by atoms with Crippen molar-refractivity contribution in [2.45, 2.75) is 39.0 Å². The van der Waals surface area contributed by atoms with Crippen molar-refractivity contribution in [3.8, 4) is 0 Å². The Morgan fingerprint density at radius 1 is 1.12 bits per heavy atom. The molecule has 3 rings (SSSR count). The minimum Gasteiger partial charge on any atom is -0.391 e. The Kier molecular flexibility index (Phi) is 5.94. The molecule has 0 aliphatic carbocycles. The summed E-state index contributed by atoms with van der Waals surface area (Å²) in [5.41, 5.74) is 1.28. The minimum atomic E-state index is -0.605. The van der Waals surface area contributed by atoms with Gasteiger partial charge in [0.2, 0.25) is 11.8 Å². The molecule has 26 heavy (non-hydrogen) atoms. The average Bonchev–Trinajstić information content (AvgIpc) is 2.91. The lowest BCUT2D eigenvalue weighted by atomic mass is 10.1. The summed E-state index contributed by atoms with van der Waals surface area (Å²) in [6, 6.07) is 9.86. The van der Waals surface area contributed by atoms with Crippen LogP contribution in [0.5, 0.6) is 0 Å². The molecule has 0 saturated carbocycles. The Labute approximate surface area is 155 Å². The quantitative estimate of drug-likeness (QED) is 0.873. The van der Waals surface area contributed by atoms with Gasteiger partial charge < -0.3 is 14.9 Å². The maximum atomic E-state index is 13.0. The molecule has 142 valence electrons. The Hall–Kier alpha value is -1.92. The molecule has 0 radical (unpaired) electrons. The van der Waals surface area contributed by atoms with E-state index in [-0.39, 0.29) is 18.4 Å². The minimum absolute atomic E-state index is 0.0230. The molecule has 1 aromatic carbocycles. The molecule has 6 nitrogen and oxygen atoms in total. The maximum absolute atomic E-state index is 13.0. The van der Waals surface area contributed by atoms with Gasteiger partial charge in [-0.2, -0.15) is 0 Å². The van der Waals surface area contributed by atoms with E-state index >= 15 is 0 Å². The van der Waals surface area contributed by atoms with Gasteiger partial charge in [0.1, 0.15) is 6.04 Å². The van der Waals surface area contributed by atoms with Gasteiger partial charge >= 0.3 is 0 Å². The van der Waals surface area contributed by atoms with Crippen molar-refractivity contribution >= 4 is 11.8 Å². The second kappa shape index (κ2) is 8.18. The van der Waals surface area contributed by atoms with Crippen LogP contribution in [-0.4, -0.2) is 76.5 Å². The highest BCUT2D eigenvalue weighted by Crippen LogP contribution is 2.22. The molecule has 3 atom stereocenters. The topological polar surface area (TPSA) is 64.1 Å². The number of hydrogen-bond acceptors (Lipinski definition) is 4. The van der Waals surface area contributed by atoms with Crippen LogP contribution in [0.2, 0.25) is 0 Å². The predicted octanol–water partition coefficient (Wildman–Crippen LogP) is 0.949. The molecule has 0 spiro atoms. The second-order valence-electron chi connectivity index (χ2n) is 7.69. The lowest BCUT2D eigenvalue weighted by Crippen LogP contribution is -2.48. The average molecular weight is 359 g/mol. The molecule has 1 N–H and O–H groups in total. The molecule has 0 aromatic heterocycles. The van der Waals surface area contributed by atoms with E-state index in [0.717, 1.165) is 19.6 Å². The fraction of sp³-hybridized carbons (Fsp3) is 0.600. The van der Waals surface area contributed by atoms with Crippen LogP contribution in [0.4, 0.5) is 0 Å². The fourth-order valence-electron chi connectivity index (χ4n) is 4.11. The van der Waals surface area contributed by atoms with Crippen LogP contribution >= 0.6 is 0 Å². The third-order valence-electron chi connectivity index (χ3n) is 5.32. The molecule has 0 bridgehead atoms. The summed E-state index contributed by atoms with van der Waals surface area (Å²) in [7, 11) is 0. The molecular formula is C20H29N3O3. The van der Waals surface area contributed by atoms with Gasteiger partial charge in [0.25, 0.3) is 0 Å². The van der Waals surface area contributed by atoms with Gasteiger partial charge in [0.15, 0.2) is 0 Å². The Bertz CT molecular complexity index is 636. The molecule has 2 heterocycles. The van der Waals surface area contributed by atoms with Crippen molar-refractivity contribution in [1.29, 1.82) is 0 Å². The molecule has 6 heteroatoms. The van der Waals surface area contributed by atoms with Gasteiger partial charge in [-0.15, -0.1) is 0 Å². The summed E-state index contributed by atoms with van der Waals surface area (Å²) < 4.78 is 0. The Morgan fingerprint density at radius 2 is 1.85 bits per heavy atom. The first-order valence-electron chi connectivity index (χ1n) is 9.44. The van der Waals surface area contributed by atoms with Gasteiger partial charge in [0, 0.05) is 52.6 Å². The molecule has 2 fully saturated rings. The van der Waals surface area contributed by atoms with Crippen LogP contribution in [0.25, 0.3) is 0 Å². The molecular weight excluding hydrogens is 330 g/mol. The SMILES string of the molecule is CC(=O)N1C[C@@H](O)C[C@@H]1C(=O)N1CCN(Cc2ccccc2)CC(C)C1. The van der Waals surface area contributed by atoms with Crippen LogP contribution in [0.3, 0.4) is 0 Å². The van der Waals surface area contributed by atoms with Gasteiger partial charge in [-0.1, -0.05) is 37.3 Å². The van der Waals surface area contributed by atoms with E-state index < -0.39 is 12.1 Å². The zero-order valence-electron chi connectivity index (χ0n) is 15.7. The van der Waals surface area contributed by atoms with Crippen LogP contribution in [0.1, 0.15) is 25.8 Å². The Balaban J connectivity index is 1.64. The van der Waals surface area contributed by atoms with E-state index in [1.165, 1.54) is 17.4 Å². The lowest BCUT2D eigenvalue weighted by Gasteiger charge is -2.29. The zero-order chi connectivity index (χ0) is 18.7. The van der Waals surface area contributed by atoms with Crippen molar-refractivity contribution in [3.05, 3.63) is 35.9 Å². The lowest BCUT2D eigenvalue weighted by molar-refractivity contribution is -0.143. The largest absolute Gasteiger partial charge is 0.391 e. The number of rotatable bonds is 3. The molecule has 2 aliphatic rings. The number of likely N-dealkylation sites (tertiary alicyclic amines) is 1. The highest BCUT2D eigenvalue weighted by Gasteiger charge is 2.40. The summed E-state index contributed by atoms with van der Waals surface area (Å²) in [4.78, 5) is 30.6. The number of carbonyl (C=O) groups is 2. The molecule has 1 aromatic rings. The van der Waals surface area contributed by atoms with Crippen molar-refractivity contribution in [3.63, 3.8) is 0 Å². The third kappa shape index (κ3) is 4.43. The fourth-order valence-corrected chi connectivity index (χ4v) is 4.11. The predicted molar refractivity (Wildman–Crippen MR) is 99.3 cm³/mol. The van der Waals surface area contributed by atoms with Gasteiger partial charge in [-0.25, -0.2) is 0 Å². The molecule has 2 aliphatic heterocycles. The summed E-state index contributed by atoms with van der Waals surface area (Å²) >= 11 is 0. The van der Waals surface area contributed by atoms with Crippen molar-refractivity contribution in [1.82, 2.24) is 14.7 Å². The monoisotopic (exact) mass is 359 g/mol. The van der Waals surface area contributed by atoms with E-state index in [1.807, 2.05) is 23.1 Å². The first kappa shape index (κ1) is 18.9. The summed E-state index contributed by atoms with van der Waals surface area (Å²) in [5, 5.41) is 9.91. The normalized spacial score (nSPS) is 27.4. The highest BCUT2D eigenvalue weighted by atomic mass is 16.3. The maximum Gasteiger partial charge on any atom is 0.245 e. The van der Waals surface area contributed by atoms with Crippen molar-refractivity contribution in [2.24, 2.45) is 5.92 Å². The van der Waals surface area contributed by atoms with Gasteiger partial charge in [-0.05, 0) is 11.5 Å². The van der Waals surface area contributed by atoms with Crippen molar-refractivity contribution < 1.29 is 14.7 Å². The summed E-state index contributed by atoms with van der Waals surface area (Å²) in [5.74, 6) is 0.195. The van der Waals surface area contributed by atoms with Crippen LogP contribution in [0, 0.1) is 5.92 Å². The first-order chi connectivity index (χ1) is 12.4. The van der Waals surface area contributed by atoms with E-state index in [1.54, 1.807) is 0 Å². The first-order valence-corrected chi connectivity index (χ1v) is 9.44. The highest BCUT2D eigenvalue weighted by molar-refractivity contribution is 5.87. The van der Waals surface area contributed by atoms with Crippen LogP contribution in [0.15, 0.2) is 30.3 Å². The number of hydrogen-bond donors (Lipinski definition) is 1. The molecule has 2 saturated heterocycles. The van der Waals surface area contributed by atoms with Gasteiger partial charge in [0.05, 0.1) is 6.10 Å². The summed E-state index contributed by atoms with van der Waals surface area (Å²) in [6.45, 7) is 7.89. The summed E-state index contributed by atoms with van der Waals surface area (Å²) in [6.07, 6.45) is -0.261. The number of benzene rings is 1. The number of amides is 2. The standard InChI is InChI=1S/C20H29N3O3/c1-15-11-21(13-17-6-4-3-5-7-17)8-9-22(12-15)20(26)19-10-18(25)14-23(19)16(2)24/h3-7,15,18-19,25H,8-14H2,1-2H3/t15?,18-,19+/m0/s1. The second-order valence-corrected chi connectivity index (χ2v) is 7.69.